The second-order valence-electron chi connectivity index (χ2n) is 4.66. The van der Waals surface area contributed by atoms with Crippen molar-refractivity contribution in [1.82, 2.24) is 4.57 Å². The van der Waals surface area contributed by atoms with E-state index in [0.717, 1.165) is 0 Å². The second kappa shape index (κ2) is 5.51. The maximum Gasteiger partial charge on any atom is 0.419 e. The molecule has 2 aromatic carbocycles. The maximum atomic E-state index is 12.3. The van der Waals surface area contributed by atoms with Gasteiger partial charge in [0.05, 0.1) is 21.2 Å². The van der Waals surface area contributed by atoms with Crippen molar-refractivity contribution in [1.29, 1.82) is 0 Å². The number of aryl methyl sites for hydroxylation is 1. The zero-order valence-corrected chi connectivity index (χ0v) is 12.9. The van der Waals surface area contributed by atoms with Crippen LogP contribution in [0.25, 0.3) is 11.1 Å². The SMILES string of the molecule is Cn1c(=O)oc2ccc(C(=O)Nc3cccc(Cl)c3Cl)cc21. The third-order valence-electron chi connectivity index (χ3n) is 3.25. The van der Waals surface area contributed by atoms with Gasteiger partial charge in [0.2, 0.25) is 0 Å². The predicted octanol–water partition coefficient (Wildman–Crippen LogP) is 3.69. The van der Waals surface area contributed by atoms with Crippen LogP contribution in [0.5, 0.6) is 0 Å². The summed E-state index contributed by atoms with van der Waals surface area (Å²) in [5.74, 6) is -0.842. The Morgan fingerprint density at radius 2 is 2.00 bits per heavy atom. The molecule has 0 saturated carbocycles. The Morgan fingerprint density at radius 1 is 1.23 bits per heavy atom. The van der Waals surface area contributed by atoms with Gasteiger partial charge in [-0.15, -0.1) is 0 Å². The second-order valence-corrected chi connectivity index (χ2v) is 5.45. The third kappa shape index (κ3) is 2.49. The van der Waals surface area contributed by atoms with Gasteiger partial charge in [0, 0.05) is 12.6 Å². The number of hydrogen-bond acceptors (Lipinski definition) is 3. The highest BCUT2D eigenvalue weighted by Gasteiger charge is 2.13. The molecule has 0 bridgehead atoms. The number of fused-ring (bicyclic) bond motifs is 1. The topological polar surface area (TPSA) is 64.2 Å². The summed E-state index contributed by atoms with van der Waals surface area (Å²) in [6, 6.07) is 9.69. The minimum absolute atomic E-state index is 0.273. The number of halogens is 2. The van der Waals surface area contributed by atoms with Crippen LogP contribution < -0.4 is 11.1 Å². The first-order valence-electron chi connectivity index (χ1n) is 6.32. The van der Waals surface area contributed by atoms with Gasteiger partial charge < -0.3 is 9.73 Å². The lowest BCUT2D eigenvalue weighted by Crippen LogP contribution is -2.13. The van der Waals surface area contributed by atoms with Crippen molar-refractivity contribution in [3.05, 3.63) is 62.6 Å². The Labute approximate surface area is 135 Å². The van der Waals surface area contributed by atoms with Crippen LogP contribution in [0.3, 0.4) is 0 Å². The number of anilines is 1. The van der Waals surface area contributed by atoms with E-state index in [0.29, 0.717) is 27.4 Å². The van der Waals surface area contributed by atoms with E-state index in [4.69, 9.17) is 27.6 Å². The normalized spacial score (nSPS) is 10.9. The van der Waals surface area contributed by atoms with Crippen molar-refractivity contribution in [3.8, 4) is 0 Å². The molecule has 0 fully saturated rings. The fourth-order valence-electron chi connectivity index (χ4n) is 2.06. The van der Waals surface area contributed by atoms with Crippen LogP contribution in [0.1, 0.15) is 10.4 Å². The summed E-state index contributed by atoms with van der Waals surface area (Å²) < 4.78 is 6.36. The summed E-state index contributed by atoms with van der Waals surface area (Å²) >= 11 is 12.0. The van der Waals surface area contributed by atoms with Crippen molar-refractivity contribution in [2.45, 2.75) is 0 Å². The number of nitrogens with zero attached hydrogens (tertiary/aromatic N) is 1. The number of carbonyl (C=O) groups is 1. The van der Waals surface area contributed by atoms with Crippen molar-refractivity contribution in [3.63, 3.8) is 0 Å². The molecule has 3 rings (SSSR count). The smallest absolute Gasteiger partial charge is 0.408 e. The van der Waals surface area contributed by atoms with Crippen LogP contribution in [0.2, 0.25) is 10.0 Å². The number of nitrogens with one attached hydrogen (secondary N) is 1. The zero-order chi connectivity index (χ0) is 15.9. The summed E-state index contributed by atoms with van der Waals surface area (Å²) in [6.45, 7) is 0. The molecule has 1 aromatic heterocycles. The van der Waals surface area contributed by atoms with E-state index in [1.54, 1.807) is 43.4 Å². The van der Waals surface area contributed by atoms with Gasteiger partial charge in [-0.1, -0.05) is 29.3 Å². The molecule has 0 unspecified atom stereocenters. The Hall–Kier alpha value is -2.24. The average molecular weight is 337 g/mol. The standard InChI is InChI=1S/C15H10Cl2N2O3/c1-19-11-7-8(5-6-12(11)22-15(19)21)14(20)18-10-4-2-3-9(16)13(10)17/h2-7H,1H3,(H,18,20). The first kappa shape index (κ1) is 14.7. The molecule has 0 aliphatic rings. The molecular formula is C15H10Cl2N2O3. The van der Waals surface area contributed by atoms with Gasteiger partial charge in [0.25, 0.3) is 5.91 Å². The molecule has 0 saturated heterocycles. The Morgan fingerprint density at radius 3 is 2.77 bits per heavy atom. The quantitative estimate of drug-likeness (QED) is 0.776. The summed E-state index contributed by atoms with van der Waals surface area (Å²) in [4.78, 5) is 23.8. The number of hydrogen-bond donors (Lipinski definition) is 1. The number of oxazole rings is 1. The number of carbonyl (C=O) groups excluding carboxylic acids is 1. The van der Waals surface area contributed by atoms with E-state index in [1.165, 1.54) is 4.57 Å². The Kier molecular flexibility index (Phi) is 3.68. The first-order chi connectivity index (χ1) is 10.5. The maximum absolute atomic E-state index is 12.3. The first-order valence-corrected chi connectivity index (χ1v) is 7.08. The van der Waals surface area contributed by atoms with E-state index in [9.17, 15) is 9.59 Å². The molecule has 0 spiro atoms. The molecule has 22 heavy (non-hydrogen) atoms. The van der Waals surface area contributed by atoms with Crippen molar-refractivity contribution in [2.75, 3.05) is 5.32 Å². The van der Waals surface area contributed by atoms with E-state index in [-0.39, 0.29) is 10.9 Å². The average Bonchev–Trinajstić information content (AvgIpc) is 2.78. The van der Waals surface area contributed by atoms with E-state index < -0.39 is 5.76 Å². The molecule has 112 valence electrons. The van der Waals surface area contributed by atoms with Crippen LogP contribution in [-0.2, 0) is 7.05 Å². The molecule has 1 amide bonds. The number of amides is 1. The summed E-state index contributed by atoms with van der Waals surface area (Å²) in [5, 5.41) is 3.31. The highest BCUT2D eigenvalue weighted by atomic mass is 35.5. The largest absolute Gasteiger partial charge is 0.419 e. The molecule has 0 radical (unpaired) electrons. The van der Waals surface area contributed by atoms with E-state index >= 15 is 0 Å². The molecule has 0 atom stereocenters. The lowest BCUT2D eigenvalue weighted by molar-refractivity contribution is 0.102. The molecule has 3 aromatic rings. The van der Waals surface area contributed by atoms with Gasteiger partial charge in [-0.05, 0) is 30.3 Å². The Bertz CT molecular complexity index is 944. The minimum atomic E-state index is -0.481. The van der Waals surface area contributed by atoms with Crippen LogP contribution >= 0.6 is 23.2 Å². The molecule has 1 N–H and O–H groups in total. The van der Waals surface area contributed by atoms with Gasteiger partial charge in [-0.2, -0.15) is 0 Å². The highest BCUT2D eigenvalue weighted by Crippen LogP contribution is 2.30. The predicted molar refractivity (Wildman–Crippen MR) is 85.9 cm³/mol. The molecule has 0 aliphatic carbocycles. The van der Waals surface area contributed by atoms with Gasteiger partial charge >= 0.3 is 5.76 Å². The number of benzene rings is 2. The van der Waals surface area contributed by atoms with Crippen molar-refractivity contribution < 1.29 is 9.21 Å². The molecule has 0 aliphatic heterocycles. The monoisotopic (exact) mass is 336 g/mol. The summed E-state index contributed by atoms with van der Waals surface area (Å²) in [6.07, 6.45) is 0. The van der Waals surface area contributed by atoms with Gasteiger partial charge in [-0.25, -0.2) is 4.79 Å². The Balaban J connectivity index is 1.97. The van der Waals surface area contributed by atoms with E-state index in [2.05, 4.69) is 5.32 Å². The van der Waals surface area contributed by atoms with Gasteiger partial charge in [0.15, 0.2) is 5.58 Å². The fourth-order valence-corrected chi connectivity index (χ4v) is 2.41. The molecule has 1 heterocycles. The lowest BCUT2D eigenvalue weighted by Gasteiger charge is -2.08. The van der Waals surface area contributed by atoms with Crippen LogP contribution in [-0.4, -0.2) is 10.5 Å². The summed E-state index contributed by atoms with van der Waals surface area (Å²) in [5.41, 5.74) is 1.75. The minimum Gasteiger partial charge on any atom is -0.408 e. The molecule has 7 heteroatoms. The van der Waals surface area contributed by atoms with E-state index in [1.807, 2.05) is 0 Å². The molecule has 5 nitrogen and oxygen atoms in total. The van der Waals surface area contributed by atoms with Crippen LogP contribution in [0, 0.1) is 0 Å². The van der Waals surface area contributed by atoms with Crippen molar-refractivity contribution >= 4 is 45.9 Å². The third-order valence-corrected chi connectivity index (χ3v) is 4.07. The number of rotatable bonds is 2. The highest BCUT2D eigenvalue weighted by molar-refractivity contribution is 6.44. The number of aromatic nitrogens is 1. The van der Waals surface area contributed by atoms with Gasteiger partial charge in [0.1, 0.15) is 0 Å². The van der Waals surface area contributed by atoms with Crippen LogP contribution in [0.15, 0.2) is 45.6 Å². The fraction of sp³-hybridized carbons (Fsp3) is 0.0667. The molecular weight excluding hydrogens is 327 g/mol. The van der Waals surface area contributed by atoms with Crippen LogP contribution in [0.4, 0.5) is 5.69 Å². The summed E-state index contributed by atoms with van der Waals surface area (Å²) in [7, 11) is 1.57. The lowest BCUT2D eigenvalue weighted by atomic mass is 10.2. The zero-order valence-electron chi connectivity index (χ0n) is 11.4. The van der Waals surface area contributed by atoms with Crippen molar-refractivity contribution in [2.24, 2.45) is 7.05 Å². The van der Waals surface area contributed by atoms with Gasteiger partial charge in [-0.3, -0.25) is 9.36 Å².